The maximum atomic E-state index is 13.4. The molecule has 3 aromatic rings. The molecule has 2 N–H and O–H groups in total. The Morgan fingerprint density at radius 1 is 0.917 bits per heavy atom. The first-order valence-electron chi connectivity index (χ1n) is 12.0. The summed E-state index contributed by atoms with van der Waals surface area (Å²) in [6.45, 7) is 3.84. The van der Waals surface area contributed by atoms with Gasteiger partial charge in [-0.05, 0) is 85.5 Å². The van der Waals surface area contributed by atoms with Crippen LogP contribution in [0.5, 0.6) is 11.5 Å². The number of ketones is 1. The summed E-state index contributed by atoms with van der Waals surface area (Å²) in [5.41, 5.74) is 3.43. The number of rotatable bonds is 5. The van der Waals surface area contributed by atoms with E-state index >= 15 is 0 Å². The van der Waals surface area contributed by atoms with Crippen molar-refractivity contribution in [3.8, 4) is 11.5 Å². The van der Waals surface area contributed by atoms with Gasteiger partial charge in [0.2, 0.25) is 0 Å². The molecule has 5 rings (SSSR count). The van der Waals surface area contributed by atoms with Crippen LogP contribution in [0.15, 0.2) is 72.3 Å². The number of nitrogens with zero attached hydrogens (tertiary/aromatic N) is 2. The number of aromatic hydroxyl groups is 1. The van der Waals surface area contributed by atoms with Gasteiger partial charge in [0.1, 0.15) is 17.3 Å². The zero-order valence-corrected chi connectivity index (χ0v) is 20.3. The minimum absolute atomic E-state index is 0.00104. The fourth-order valence-electron chi connectivity index (χ4n) is 5.05. The monoisotopic (exact) mass is 484 g/mol. The third-order valence-electron chi connectivity index (χ3n) is 6.92. The molecule has 2 saturated heterocycles. The van der Waals surface area contributed by atoms with Crippen molar-refractivity contribution in [2.24, 2.45) is 0 Å². The van der Waals surface area contributed by atoms with E-state index in [0.29, 0.717) is 22.6 Å². The van der Waals surface area contributed by atoms with Crippen molar-refractivity contribution in [2.75, 3.05) is 30.0 Å². The standard InChI is InChI=1S/C29H28N2O5/c1-18-17-20(7-14-24(18)36-2)27(33)25-26(19-5-12-23(32)13-6-19)31(29(35)28(25)34)22-10-8-21(9-11-22)30-15-3-4-16-30/h5-14,17,26,32-33H,3-4,15-16H2,1-2H3/b27-25-. The van der Waals surface area contributed by atoms with Crippen molar-refractivity contribution >= 4 is 28.8 Å². The quantitative estimate of drug-likeness (QED) is 0.303. The summed E-state index contributed by atoms with van der Waals surface area (Å²) in [4.78, 5) is 30.4. The van der Waals surface area contributed by atoms with E-state index in [1.54, 1.807) is 37.4 Å². The summed E-state index contributed by atoms with van der Waals surface area (Å²) in [5, 5.41) is 21.1. The van der Waals surface area contributed by atoms with E-state index in [1.165, 1.54) is 17.0 Å². The molecule has 0 saturated carbocycles. The highest BCUT2D eigenvalue weighted by Crippen LogP contribution is 2.43. The largest absolute Gasteiger partial charge is 0.508 e. The zero-order valence-electron chi connectivity index (χ0n) is 20.3. The van der Waals surface area contributed by atoms with Gasteiger partial charge in [0.15, 0.2) is 0 Å². The van der Waals surface area contributed by atoms with Crippen LogP contribution in [-0.4, -0.2) is 42.1 Å². The van der Waals surface area contributed by atoms with Crippen molar-refractivity contribution in [2.45, 2.75) is 25.8 Å². The van der Waals surface area contributed by atoms with Gasteiger partial charge in [0, 0.05) is 30.0 Å². The van der Waals surface area contributed by atoms with E-state index in [0.717, 1.165) is 37.2 Å². The number of aryl methyl sites for hydroxylation is 1. The fourth-order valence-corrected chi connectivity index (χ4v) is 5.05. The van der Waals surface area contributed by atoms with Gasteiger partial charge in [-0.25, -0.2) is 0 Å². The van der Waals surface area contributed by atoms with Crippen LogP contribution in [-0.2, 0) is 9.59 Å². The van der Waals surface area contributed by atoms with Crippen molar-refractivity contribution in [1.82, 2.24) is 0 Å². The van der Waals surface area contributed by atoms with Crippen LogP contribution in [0.25, 0.3) is 5.76 Å². The van der Waals surface area contributed by atoms with E-state index in [1.807, 2.05) is 31.2 Å². The summed E-state index contributed by atoms with van der Waals surface area (Å²) >= 11 is 0. The molecule has 0 aromatic heterocycles. The van der Waals surface area contributed by atoms with Crippen molar-refractivity contribution < 1.29 is 24.5 Å². The summed E-state index contributed by atoms with van der Waals surface area (Å²) < 4.78 is 5.31. The first kappa shape index (κ1) is 23.5. The average Bonchev–Trinajstić information content (AvgIpc) is 3.51. The molecule has 36 heavy (non-hydrogen) atoms. The van der Waals surface area contributed by atoms with Crippen LogP contribution in [0, 0.1) is 6.92 Å². The van der Waals surface area contributed by atoms with Crippen molar-refractivity contribution in [3.63, 3.8) is 0 Å². The first-order valence-corrected chi connectivity index (χ1v) is 12.0. The van der Waals surface area contributed by atoms with Crippen LogP contribution < -0.4 is 14.5 Å². The molecule has 0 spiro atoms. The zero-order chi connectivity index (χ0) is 25.4. The van der Waals surface area contributed by atoms with E-state index in [9.17, 15) is 19.8 Å². The third kappa shape index (κ3) is 4.06. The number of hydrogen-bond acceptors (Lipinski definition) is 6. The number of aliphatic hydroxyl groups excluding tert-OH is 1. The second-order valence-corrected chi connectivity index (χ2v) is 9.16. The summed E-state index contributed by atoms with van der Waals surface area (Å²) in [5.74, 6) is -1.01. The van der Waals surface area contributed by atoms with Crippen LogP contribution in [0.2, 0.25) is 0 Å². The Morgan fingerprint density at radius 3 is 2.17 bits per heavy atom. The lowest BCUT2D eigenvalue weighted by atomic mass is 9.94. The smallest absolute Gasteiger partial charge is 0.300 e. The predicted octanol–water partition coefficient (Wildman–Crippen LogP) is 4.94. The molecular formula is C29H28N2O5. The molecule has 1 amide bonds. The number of methoxy groups -OCH3 is 1. The molecule has 3 aromatic carbocycles. The second kappa shape index (κ2) is 9.41. The Bertz CT molecular complexity index is 1340. The molecule has 2 aliphatic rings. The van der Waals surface area contributed by atoms with Gasteiger partial charge in [-0.1, -0.05) is 12.1 Å². The Balaban J connectivity index is 1.62. The van der Waals surface area contributed by atoms with Crippen LogP contribution in [0.4, 0.5) is 11.4 Å². The number of benzene rings is 3. The number of anilines is 2. The molecule has 1 atom stereocenters. The number of carbonyl (C=O) groups excluding carboxylic acids is 2. The molecule has 7 heteroatoms. The maximum Gasteiger partial charge on any atom is 0.300 e. The molecule has 2 aliphatic heterocycles. The van der Waals surface area contributed by atoms with Gasteiger partial charge in [-0.2, -0.15) is 0 Å². The van der Waals surface area contributed by atoms with Gasteiger partial charge in [0.25, 0.3) is 11.7 Å². The molecule has 7 nitrogen and oxygen atoms in total. The first-order chi connectivity index (χ1) is 17.4. The van der Waals surface area contributed by atoms with Crippen LogP contribution in [0.1, 0.15) is 35.6 Å². The maximum absolute atomic E-state index is 13.4. The van der Waals surface area contributed by atoms with Crippen molar-refractivity contribution in [1.29, 1.82) is 0 Å². The lowest BCUT2D eigenvalue weighted by Gasteiger charge is -2.26. The lowest BCUT2D eigenvalue weighted by molar-refractivity contribution is -0.132. The lowest BCUT2D eigenvalue weighted by Crippen LogP contribution is -2.29. The van der Waals surface area contributed by atoms with E-state index < -0.39 is 17.7 Å². The van der Waals surface area contributed by atoms with Crippen LogP contribution >= 0.6 is 0 Å². The topological polar surface area (TPSA) is 90.3 Å². The summed E-state index contributed by atoms with van der Waals surface area (Å²) in [6.07, 6.45) is 2.31. The molecule has 0 aliphatic carbocycles. The third-order valence-corrected chi connectivity index (χ3v) is 6.92. The number of carbonyl (C=O) groups is 2. The predicted molar refractivity (Wildman–Crippen MR) is 139 cm³/mol. The van der Waals surface area contributed by atoms with Gasteiger partial charge in [0.05, 0.1) is 18.7 Å². The van der Waals surface area contributed by atoms with Gasteiger partial charge in [-0.15, -0.1) is 0 Å². The number of Topliss-reactive ketones (excluding diaryl/α,β-unsaturated/α-hetero) is 1. The molecular weight excluding hydrogens is 456 g/mol. The minimum atomic E-state index is -0.856. The number of ether oxygens (including phenoxy) is 1. The Morgan fingerprint density at radius 2 is 1.56 bits per heavy atom. The number of hydrogen-bond donors (Lipinski definition) is 2. The van der Waals surface area contributed by atoms with Gasteiger partial charge >= 0.3 is 0 Å². The van der Waals surface area contributed by atoms with E-state index in [2.05, 4.69) is 4.90 Å². The number of amides is 1. The average molecular weight is 485 g/mol. The highest BCUT2D eigenvalue weighted by Gasteiger charge is 2.47. The molecule has 0 radical (unpaired) electrons. The normalized spacial score (nSPS) is 19.2. The molecule has 1 unspecified atom stereocenters. The molecule has 2 heterocycles. The summed E-state index contributed by atoms with van der Waals surface area (Å²) in [7, 11) is 1.56. The van der Waals surface area contributed by atoms with Crippen molar-refractivity contribution in [3.05, 3.63) is 89.0 Å². The molecule has 2 fully saturated rings. The van der Waals surface area contributed by atoms with E-state index in [-0.39, 0.29) is 17.1 Å². The second-order valence-electron chi connectivity index (χ2n) is 9.16. The van der Waals surface area contributed by atoms with E-state index in [4.69, 9.17) is 4.74 Å². The highest BCUT2D eigenvalue weighted by atomic mass is 16.5. The van der Waals surface area contributed by atoms with Gasteiger partial charge in [-0.3, -0.25) is 14.5 Å². The summed E-state index contributed by atoms with van der Waals surface area (Å²) in [6, 6.07) is 18.2. The van der Waals surface area contributed by atoms with Gasteiger partial charge < -0.3 is 19.8 Å². The molecule has 184 valence electrons. The van der Waals surface area contributed by atoms with Crippen LogP contribution in [0.3, 0.4) is 0 Å². The number of phenolic OH excluding ortho intramolecular Hbond substituents is 1. The Kier molecular flexibility index (Phi) is 6.14. The fraction of sp³-hybridized carbons (Fsp3) is 0.241. The number of phenols is 1. The SMILES string of the molecule is COc1ccc(/C(O)=C2/C(=O)C(=O)N(c3ccc(N4CCCC4)cc3)C2c2ccc(O)cc2)cc1C. The Hall–Kier alpha value is -4.26. The number of aliphatic hydroxyl groups is 1. The highest BCUT2D eigenvalue weighted by molar-refractivity contribution is 6.51. The molecule has 0 bridgehead atoms. The Labute approximate surface area is 209 Å². The minimum Gasteiger partial charge on any atom is -0.508 e.